The first-order valence-corrected chi connectivity index (χ1v) is 7.53. The van der Waals surface area contributed by atoms with Gasteiger partial charge < -0.3 is 11.1 Å². The van der Waals surface area contributed by atoms with Crippen LogP contribution in [0, 0.1) is 0 Å². The van der Waals surface area contributed by atoms with Crippen LogP contribution in [0.15, 0.2) is 0 Å². The Bertz CT molecular complexity index is 340. The summed E-state index contributed by atoms with van der Waals surface area (Å²) in [6, 6.07) is -0.756. The smallest absolute Gasteiger partial charge is 0.237 e. The summed E-state index contributed by atoms with van der Waals surface area (Å²) in [5, 5.41) is 2.70. The molecular weight excluding hydrogens is 228 g/mol. The minimum atomic E-state index is -2.94. The fourth-order valence-electron chi connectivity index (χ4n) is 1.77. The van der Waals surface area contributed by atoms with Crippen molar-refractivity contribution in [3.05, 3.63) is 0 Å². The molecule has 1 aliphatic heterocycles. The van der Waals surface area contributed by atoms with Gasteiger partial charge in [-0.1, -0.05) is 19.8 Å². The van der Waals surface area contributed by atoms with Gasteiger partial charge in [0.05, 0.1) is 17.5 Å². The summed E-state index contributed by atoms with van der Waals surface area (Å²) in [7, 11) is -2.94. The monoisotopic (exact) mass is 248 g/mol. The predicted molar refractivity (Wildman–Crippen MR) is 62.7 cm³/mol. The lowest BCUT2D eigenvalue weighted by Crippen LogP contribution is -2.45. The van der Waals surface area contributed by atoms with Crippen LogP contribution in [-0.2, 0) is 14.6 Å². The number of hydrogen-bond donors (Lipinski definition) is 2. The number of unbranched alkanes of at least 4 members (excludes halogenated alkanes) is 1. The van der Waals surface area contributed by atoms with Crippen LogP contribution >= 0.6 is 0 Å². The Kier molecular flexibility index (Phi) is 4.73. The van der Waals surface area contributed by atoms with Gasteiger partial charge in [-0.2, -0.15) is 0 Å². The highest BCUT2D eigenvalue weighted by atomic mass is 32.2. The first-order valence-electron chi connectivity index (χ1n) is 5.71. The second kappa shape index (κ2) is 5.63. The highest BCUT2D eigenvalue weighted by Gasteiger charge is 2.29. The third-order valence-electron chi connectivity index (χ3n) is 2.78. The highest BCUT2D eigenvalue weighted by molar-refractivity contribution is 7.91. The quantitative estimate of drug-likeness (QED) is 0.705. The van der Waals surface area contributed by atoms with E-state index in [-0.39, 0.29) is 23.5 Å². The number of hydrogen-bond acceptors (Lipinski definition) is 4. The average Bonchev–Trinajstić information content (AvgIpc) is 2.54. The molecule has 0 aromatic carbocycles. The van der Waals surface area contributed by atoms with Crippen LogP contribution in [0.25, 0.3) is 0 Å². The normalized spacial score (nSPS) is 25.2. The maximum Gasteiger partial charge on any atom is 0.237 e. The van der Waals surface area contributed by atoms with E-state index in [0.717, 1.165) is 12.8 Å². The Labute approximate surface area is 96.7 Å². The van der Waals surface area contributed by atoms with Gasteiger partial charge in [0, 0.05) is 6.04 Å². The number of carbonyl (C=O) groups is 1. The first kappa shape index (κ1) is 13.4. The van der Waals surface area contributed by atoms with Gasteiger partial charge in [0.25, 0.3) is 0 Å². The molecule has 0 bridgehead atoms. The van der Waals surface area contributed by atoms with Gasteiger partial charge in [-0.3, -0.25) is 4.79 Å². The number of nitrogens with two attached hydrogens (primary N) is 1. The Morgan fingerprint density at radius 2 is 2.25 bits per heavy atom. The molecule has 94 valence electrons. The third kappa shape index (κ3) is 4.09. The maximum atomic E-state index is 11.6. The molecule has 1 amide bonds. The Morgan fingerprint density at radius 3 is 2.75 bits per heavy atom. The topological polar surface area (TPSA) is 89.3 Å². The van der Waals surface area contributed by atoms with Gasteiger partial charge in [-0.15, -0.1) is 0 Å². The molecule has 1 aliphatic rings. The fraction of sp³-hybridized carbons (Fsp3) is 0.900. The molecule has 16 heavy (non-hydrogen) atoms. The zero-order valence-electron chi connectivity index (χ0n) is 9.61. The fourth-order valence-corrected chi connectivity index (χ4v) is 3.45. The van der Waals surface area contributed by atoms with Crippen LogP contribution in [0.5, 0.6) is 0 Å². The van der Waals surface area contributed by atoms with E-state index in [1.807, 2.05) is 6.92 Å². The van der Waals surface area contributed by atoms with E-state index in [0.29, 0.717) is 12.8 Å². The summed E-state index contributed by atoms with van der Waals surface area (Å²) >= 11 is 0. The van der Waals surface area contributed by atoms with E-state index in [9.17, 15) is 13.2 Å². The van der Waals surface area contributed by atoms with Crippen LogP contribution in [0.3, 0.4) is 0 Å². The van der Waals surface area contributed by atoms with E-state index >= 15 is 0 Å². The second-order valence-electron chi connectivity index (χ2n) is 4.36. The van der Waals surface area contributed by atoms with Crippen LogP contribution in [0.4, 0.5) is 0 Å². The molecule has 0 radical (unpaired) electrons. The molecule has 0 saturated carbocycles. The summed E-state index contributed by atoms with van der Waals surface area (Å²) in [5.74, 6) is -0.00275. The van der Waals surface area contributed by atoms with Crippen molar-refractivity contribution in [1.29, 1.82) is 0 Å². The van der Waals surface area contributed by atoms with E-state index in [4.69, 9.17) is 5.73 Å². The second-order valence-corrected chi connectivity index (χ2v) is 6.59. The van der Waals surface area contributed by atoms with Crippen molar-refractivity contribution in [2.45, 2.75) is 44.7 Å². The molecule has 0 aromatic heterocycles. The van der Waals surface area contributed by atoms with Gasteiger partial charge in [-0.05, 0) is 12.8 Å². The van der Waals surface area contributed by atoms with Crippen molar-refractivity contribution in [3.8, 4) is 0 Å². The van der Waals surface area contributed by atoms with Crippen molar-refractivity contribution < 1.29 is 13.2 Å². The SMILES string of the molecule is CCCCC(N)C(=O)NC1CCS(=O)(=O)C1. The Morgan fingerprint density at radius 1 is 1.56 bits per heavy atom. The van der Waals surface area contributed by atoms with Crippen LogP contribution < -0.4 is 11.1 Å². The van der Waals surface area contributed by atoms with Crippen molar-refractivity contribution in [2.24, 2.45) is 5.73 Å². The summed E-state index contributed by atoms with van der Waals surface area (Å²) in [4.78, 5) is 11.6. The zero-order valence-corrected chi connectivity index (χ0v) is 10.4. The summed E-state index contributed by atoms with van der Waals surface area (Å²) in [6.45, 7) is 2.04. The lowest BCUT2D eigenvalue weighted by Gasteiger charge is -2.15. The molecule has 5 nitrogen and oxygen atoms in total. The number of amides is 1. The molecule has 3 N–H and O–H groups in total. The molecule has 2 atom stereocenters. The molecular formula is C10H20N2O3S. The van der Waals surface area contributed by atoms with Crippen LogP contribution in [-0.4, -0.2) is 37.9 Å². The number of sulfone groups is 1. The summed E-state index contributed by atoms with van der Waals surface area (Å²) in [5.41, 5.74) is 5.69. The van der Waals surface area contributed by atoms with E-state index in [1.165, 1.54) is 0 Å². The molecule has 1 heterocycles. The Balaban J connectivity index is 2.35. The van der Waals surface area contributed by atoms with Crippen molar-refractivity contribution in [1.82, 2.24) is 5.32 Å². The molecule has 1 rings (SSSR count). The molecule has 6 heteroatoms. The highest BCUT2D eigenvalue weighted by Crippen LogP contribution is 2.11. The first-order chi connectivity index (χ1) is 7.44. The lowest BCUT2D eigenvalue weighted by molar-refractivity contribution is -0.123. The Hall–Kier alpha value is -0.620. The largest absolute Gasteiger partial charge is 0.351 e. The van der Waals surface area contributed by atoms with Crippen LogP contribution in [0.2, 0.25) is 0 Å². The molecule has 0 spiro atoms. The maximum absolute atomic E-state index is 11.6. The minimum Gasteiger partial charge on any atom is -0.351 e. The molecule has 0 aromatic rings. The van der Waals surface area contributed by atoms with Crippen molar-refractivity contribution in [3.63, 3.8) is 0 Å². The molecule has 1 saturated heterocycles. The predicted octanol–water partition coefficient (Wildman–Crippen LogP) is -0.193. The zero-order chi connectivity index (χ0) is 12.2. The van der Waals surface area contributed by atoms with Gasteiger partial charge in [0.2, 0.25) is 5.91 Å². The standard InChI is InChI=1S/C10H20N2O3S/c1-2-3-4-9(11)10(13)12-8-5-6-16(14,15)7-8/h8-9H,2-7,11H2,1H3,(H,12,13). The van der Waals surface area contributed by atoms with Gasteiger partial charge in [0.15, 0.2) is 9.84 Å². The van der Waals surface area contributed by atoms with Crippen molar-refractivity contribution >= 4 is 15.7 Å². The van der Waals surface area contributed by atoms with E-state index in [1.54, 1.807) is 0 Å². The molecule has 1 fully saturated rings. The summed E-state index contributed by atoms with van der Waals surface area (Å²) in [6.07, 6.45) is 3.08. The molecule has 2 unspecified atom stereocenters. The van der Waals surface area contributed by atoms with Gasteiger partial charge in [0.1, 0.15) is 0 Å². The number of nitrogens with one attached hydrogen (secondary N) is 1. The molecule has 0 aliphatic carbocycles. The van der Waals surface area contributed by atoms with Gasteiger partial charge >= 0.3 is 0 Å². The van der Waals surface area contributed by atoms with Crippen molar-refractivity contribution in [2.75, 3.05) is 11.5 Å². The van der Waals surface area contributed by atoms with E-state index < -0.39 is 15.9 Å². The number of carbonyl (C=O) groups excluding carboxylic acids is 1. The lowest BCUT2D eigenvalue weighted by atomic mass is 10.1. The number of rotatable bonds is 5. The average molecular weight is 248 g/mol. The van der Waals surface area contributed by atoms with Crippen LogP contribution in [0.1, 0.15) is 32.6 Å². The van der Waals surface area contributed by atoms with E-state index in [2.05, 4.69) is 5.32 Å². The third-order valence-corrected chi connectivity index (χ3v) is 4.55. The summed E-state index contributed by atoms with van der Waals surface area (Å²) < 4.78 is 22.4. The minimum absolute atomic E-state index is 0.0548. The van der Waals surface area contributed by atoms with Gasteiger partial charge in [-0.25, -0.2) is 8.42 Å².